The fourth-order valence-corrected chi connectivity index (χ4v) is 5.52. The van der Waals surface area contributed by atoms with Crippen LogP contribution in [-0.2, 0) is 31.7 Å². The number of esters is 1. The standard InChI is InChI=1S/C31H34F3N7O4.CH2O2/c1-19-26(28(43)45-6)27(40-29(36-37-30(40)44)39(19)23-11-7-10-22(16-23)31(32,33)34)24-13-12-20(17-35)15-21(24)9-8-14-41(4,5)18-25(42)38(2)3;2-1-3/h7,10-13,15-16,27H,8-9,14,18H2,1-6H3;1H,(H,2,3)/t27-;/m1./s1. The van der Waals surface area contributed by atoms with E-state index in [1.54, 1.807) is 39.2 Å². The van der Waals surface area contributed by atoms with E-state index >= 15 is 0 Å². The summed E-state index contributed by atoms with van der Waals surface area (Å²) in [6.07, 6.45) is -3.60. The molecule has 0 saturated heterocycles. The molecular formula is C32H36F3N7O6. The molecule has 0 bridgehead atoms. The predicted molar refractivity (Wildman–Crippen MR) is 165 cm³/mol. The number of allylic oxidation sites excluding steroid dienone is 1. The van der Waals surface area contributed by atoms with Crippen LogP contribution in [0.1, 0.15) is 41.6 Å². The highest BCUT2D eigenvalue weighted by Crippen LogP contribution is 2.43. The van der Waals surface area contributed by atoms with Gasteiger partial charge in [0.05, 0.1) is 50.5 Å². The fourth-order valence-electron chi connectivity index (χ4n) is 5.52. The first kappa shape index (κ1) is 37.0. The molecule has 16 heteroatoms. The average molecular weight is 672 g/mol. The molecule has 2 heterocycles. The van der Waals surface area contributed by atoms with Gasteiger partial charge in [0.2, 0.25) is 5.95 Å². The lowest BCUT2D eigenvalue weighted by Gasteiger charge is -2.36. The summed E-state index contributed by atoms with van der Waals surface area (Å²) in [5.74, 6) is -0.830. The Morgan fingerprint density at radius 3 is 2.46 bits per heavy atom. The normalized spacial score (nSPS) is 14.3. The van der Waals surface area contributed by atoms with Gasteiger partial charge in [-0.2, -0.15) is 18.4 Å². The van der Waals surface area contributed by atoms with Gasteiger partial charge in [-0.25, -0.2) is 19.3 Å². The first-order chi connectivity index (χ1) is 22.5. The number of aromatic amines is 1. The highest BCUT2D eigenvalue weighted by atomic mass is 19.4. The van der Waals surface area contributed by atoms with Gasteiger partial charge in [-0.05, 0) is 54.8 Å². The molecule has 1 N–H and O–H groups in total. The summed E-state index contributed by atoms with van der Waals surface area (Å²) in [6, 6.07) is 10.5. The van der Waals surface area contributed by atoms with Crippen LogP contribution in [0.5, 0.6) is 0 Å². The van der Waals surface area contributed by atoms with E-state index in [1.807, 2.05) is 14.1 Å². The summed E-state index contributed by atoms with van der Waals surface area (Å²) < 4.78 is 47.6. The van der Waals surface area contributed by atoms with Gasteiger partial charge in [-0.3, -0.25) is 9.69 Å². The van der Waals surface area contributed by atoms with Gasteiger partial charge in [0.25, 0.3) is 5.91 Å². The van der Waals surface area contributed by atoms with Crippen molar-refractivity contribution in [3.63, 3.8) is 0 Å². The van der Waals surface area contributed by atoms with Crippen LogP contribution in [-0.4, -0.2) is 90.9 Å². The lowest BCUT2D eigenvalue weighted by atomic mass is 9.88. The monoisotopic (exact) mass is 671 g/mol. The van der Waals surface area contributed by atoms with Crippen LogP contribution in [0.4, 0.5) is 24.8 Å². The third kappa shape index (κ3) is 8.10. The van der Waals surface area contributed by atoms with Crippen molar-refractivity contribution in [1.82, 2.24) is 19.7 Å². The van der Waals surface area contributed by atoms with Gasteiger partial charge >= 0.3 is 17.8 Å². The van der Waals surface area contributed by atoms with Gasteiger partial charge in [0.15, 0.2) is 6.54 Å². The summed E-state index contributed by atoms with van der Waals surface area (Å²) in [5, 5.41) is 24.4. The number of fused-ring (bicyclic) bond motifs is 1. The summed E-state index contributed by atoms with van der Waals surface area (Å²) in [5.41, 5.74) is 0.229. The highest BCUT2D eigenvalue weighted by molar-refractivity contribution is 5.93. The number of halogens is 3. The van der Waals surface area contributed by atoms with E-state index in [2.05, 4.69) is 16.3 Å². The molecule has 0 radical (unpaired) electrons. The Bertz CT molecular complexity index is 1800. The number of likely N-dealkylation sites (N-methyl/N-ethyl adjacent to an activating group) is 2. The summed E-state index contributed by atoms with van der Waals surface area (Å²) in [6.45, 7) is 1.95. The van der Waals surface area contributed by atoms with Crippen molar-refractivity contribution in [1.29, 1.82) is 5.26 Å². The maximum atomic E-state index is 13.6. The number of quaternary nitrogens is 1. The van der Waals surface area contributed by atoms with Crippen LogP contribution in [0.3, 0.4) is 0 Å². The van der Waals surface area contributed by atoms with E-state index in [1.165, 1.54) is 33.6 Å². The second-order valence-electron chi connectivity index (χ2n) is 11.8. The topological polar surface area (TPSA) is 164 Å². The maximum absolute atomic E-state index is 13.6. The molecule has 0 unspecified atom stereocenters. The number of nitrogens with one attached hydrogen (secondary N) is 1. The molecule has 1 aliphatic rings. The minimum atomic E-state index is -4.63. The largest absolute Gasteiger partial charge is 0.554 e. The van der Waals surface area contributed by atoms with E-state index in [0.717, 1.165) is 12.1 Å². The number of ether oxygens (including phenoxy) is 1. The Balaban J connectivity index is 0.00000201. The number of methoxy groups -OCH3 is 1. The molecule has 256 valence electrons. The zero-order valence-corrected chi connectivity index (χ0v) is 27.3. The summed E-state index contributed by atoms with van der Waals surface area (Å²) in [7, 11) is 8.45. The Kier molecular flexibility index (Phi) is 11.6. The Morgan fingerprint density at radius 1 is 1.21 bits per heavy atom. The van der Waals surface area contributed by atoms with E-state index in [-0.39, 0.29) is 35.4 Å². The van der Waals surface area contributed by atoms with Crippen molar-refractivity contribution >= 4 is 30.0 Å². The number of hydrogen-bond acceptors (Lipinski definition) is 9. The van der Waals surface area contributed by atoms with Gasteiger partial charge < -0.3 is 24.0 Å². The molecule has 1 aliphatic heterocycles. The molecule has 0 fully saturated rings. The highest BCUT2D eigenvalue weighted by Gasteiger charge is 2.41. The van der Waals surface area contributed by atoms with Gasteiger partial charge in [-0.15, -0.1) is 5.10 Å². The number of anilines is 2. The number of nitriles is 1. The molecule has 13 nitrogen and oxygen atoms in total. The first-order valence-electron chi connectivity index (χ1n) is 14.5. The van der Waals surface area contributed by atoms with Crippen molar-refractivity contribution in [2.45, 2.75) is 32.0 Å². The van der Waals surface area contributed by atoms with Crippen LogP contribution in [0.15, 0.2) is 58.5 Å². The number of alkyl halides is 3. The molecule has 2 aromatic carbocycles. The second kappa shape index (κ2) is 15.0. The molecule has 0 spiro atoms. The smallest absolute Gasteiger partial charge is 0.416 e. The van der Waals surface area contributed by atoms with Crippen molar-refractivity contribution in [3.05, 3.63) is 86.5 Å². The van der Waals surface area contributed by atoms with Gasteiger partial charge in [0, 0.05) is 38.4 Å². The lowest BCUT2D eigenvalue weighted by Crippen LogP contribution is -2.47. The minimum Gasteiger partial charge on any atom is -0.554 e. The Morgan fingerprint density at radius 2 is 1.88 bits per heavy atom. The van der Waals surface area contributed by atoms with E-state index < -0.39 is 35.9 Å². The molecule has 0 saturated carbocycles. The Hall–Kier alpha value is -5.43. The van der Waals surface area contributed by atoms with Crippen LogP contribution < -0.4 is 15.7 Å². The molecular weight excluding hydrogens is 635 g/mol. The van der Waals surface area contributed by atoms with Crippen LogP contribution in [0, 0.1) is 11.3 Å². The third-order valence-electron chi connectivity index (χ3n) is 7.82. The number of amides is 1. The van der Waals surface area contributed by atoms with E-state index in [0.29, 0.717) is 40.6 Å². The quantitative estimate of drug-likeness (QED) is 0.204. The Labute approximate surface area is 274 Å². The number of hydrogen-bond donors (Lipinski definition) is 1. The zero-order valence-electron chi connectivity index (χ0n) is 27.3. The number of aryl methyl sites for hydroxylation is 1. The molecule has 3 aromatic rings. The third-order valence-corrected chi connectivity index (χ3v) is 7.82. The number of H-pyrrole nitrogens is 1. The van der Waals surface area contributed by atoms with Crippen LogP contribution >= 0.6 is 0 Å². The zero-order chi connectivity index (χ0) is 36.0. The van der Waals surface area contributed by atoms with Crippen LogP contribution in [0.25, 0.3) is 0 Å². The molecule has 1 aromatic heterocycles. The number of carboxylic acid groups (broad SMARTS) is 1. The fraction of sp³-hybridized carbons (Fsp3) is 0.375. The molecule has 48 heavy (non-hydrogen) atoms. The van der Waals surface area contributed by atoms with Gasteiger partial charge in [-0.1, -0.05) is 12.1 Å². The number of aromatic nitrogens is 3. The van der Waals surface area contributed by atoms with Crippen LogP contribution in [0.2, 0.25) is 0 Å². The molecule has 4 rings (SSSR count). The molecule has 1 atom stereocenters. The van der Waals surface area contributed by atoms with Crippen molar-refractivity contribution in [2.24, 2.45) is 0 Å². The maximum Gasteiger partial charge on any atom is 0.416 e. The van der Waals surface area contributed by atoms with E-state index in [4.69, 9.17) is 14.6 Å². The minimum absolute atomic E-state index is 0.0181. The van der Waals surface area contributed by atoms with E-state index in [9.17, 15) is 32.8 Å². The lowest BCUT2D eigenvalue weighted by molar-refractivity contribution is -0.882. The summed E-state index contributed by atoms with van der Waals surface area (Å²) >= 11 is 0. The van der Waals surface area contributed by atoms with Crippen molar-refractivity contribution in [2.75, 3.05) is 53.3 Å². The number of benzene rings is 2. The predicted octanol–water partition coefficient (Wildman–Crippen LogP) is 2.11. The van der Waals surface area contributed by atoms with Gasteiger partial charge in [0.1, 0.15) is 6.04 Å². The number of nitrogens with zero attached hydrogens (tertiary/aromatic N) is 6. The van der Waals surface area contributed by atoms with Crippen molar-refractivity contribution < 1.29 is 41.9 Å². The number of carbonyl (C=O) groups is 3. The van der Waals surface area contributed by atoms with Crippen molar-refractivity contribution in [3.8, 4) is 6.07 Å². The molecule has 1 amide bonds. The first-order valence-corrected chi connectivity index (χ1v) is 14.5. The average Bonchev–Trinajstić information content (AvgIpc) is 3.40. The molecule has 0 aliphatic carbocycles. The number of carbonyl (C=O) groups excluding carboxylic acids is 3. The summed E-state index contributed by atoms with van der Waals surface area (Å²) in [4.78, 5) is 50.2. The number of rotatable bonds is 9. The SMILES string of the molecule is COC(=O)C1=C(C)N(c2cccc(C(F)(F)F)c2)c2n[nH]c(=O)n2[C@@H]1c1ccc(C#N)cc1CCC[N+](C)(C)CC(=O)N(C)C.O=C[O-]. The second-order valence-corrected chi connectivity index (χ2v) is 11.8.